The summed E-state index contributed by atoms with van der Waals surface area (Å²) < 4.78 is -0.953. The van der Waals surface area contributed by atoms with E-state index in [-0.39, 0.29) is 17.9 Å². The van der Waals surface area contributed by atoms with Crippen molar-refractivity contribution in [3.63, 3.8) is 0 Å². The van der Waals surface area contributed by atoms with Crippen LogP contribution in [0, 0.1) is 11.3 Å². The highest BCUT2D eigenvalue weighted by Gasteiger charge is 2.72. The highest BCUT2D eigenvalue weighted by molar-refractivity contribution is 6.53. The molecule has 1 aliphatic rings. The van der Waals surface area contributed by atoms with E-state index in [2.05, 4.69) is 5.32 Å². The van der Waals surface area contributed by atoms with Gasteiger partial charge in [0, 0.05) is 5.02 Å². The van der Waals surface area contributed by atoms with E-state index in [0.717, 1.165) is 5.56 Å². The smallest absolute Gasteiger partial charge is 0.230 e. The van der Waals surface area contributed by atoms with Crippen LogP contribution in [0.25, 0.3) is 0 Å². The van der Waals surface area contributed by atoms with Crippen molar-refractivity contribution in [3.05, 3.63) is 34.9 Å². The number of rotatable bonds is 4. The van der Waals surface area contributed by atoms with Crippen LogP contribution in [0.4, 0.5) is 0 Å². The molecular weight excluding hydrogens is 317 g/mol. The number of carbonyl (C=O) groups excluding carboxylic acids is 1. The first-order chi connectivity index (χ1) is 9.20. The Morgan fingerprint density at radius 2 is 1.70 bits per heavy atom. The maximum absolute atomic E-state index is 12.5. The van der Waals surface area contributed by atoms with Crippen LogP contribution in [0.3, 0.4) is 0 Å². The molecule has 110 valence electrons. The number of halogens is 3. The molecule has 0 heterocycles. The van der Waals surface area contributed by atoms with Crippen LogP contribution in [0.1, 0.15) is 38.8 Å². The molecular formula is C15H18Cl3NO. The molecule has 2 nitrogen and oxygen atoms in total. The molecule has 0 saturated heterocycles. The lowest BCUT2D eigenvalue weighted by molar-refractivity contribution is -0.128. The van der Waals surface area contributed by atoms with E-state index in [1.165, 1.54) is 0 Å². The number of benzene rings is 1. The molecule has 5 heteroatoms. The molecule has 2 unspecified atom stereocenters. The zero-order valence-electron chi connectivity index (χ0n) is 11.7. The van der Waals surface area contributed by atoms with Crippen LogP contribution < -0.4 is 5.32 Å². The lowest BCUT2D eigenvalue weighted by Gasteiger charge is -2.24. The zero-order valence-corrected chi connectivity index (χ0v) is 14.0. The maximum atomic E-state index is 12.5. The molecule has 1 fully saturated rings. The van der Waals surface area contributed by atoms with Crippen molar-refractivity contribution in [2.75, 3.05) is 0 Å². The standard InChI is InChI=1S/C15H18Cl3NO/c1-9(2)14(8-15(14,17)18)13(20)19-10(3)11-4-6-12(16)7-5-11/h4-7,9-10H,8H2,1-3H3,(H,19,20). The molecule has 2 atom stereocenters. The molecule has 1 aromatic carbocycles. The van der Waals surface area contributed by atoms with Crippen LogP contribution in [-0.2, 0) is 4.79 Å². The molecule has 0 spiro atoms. The summed E-state index contributed by atoms with van der Waals surface area (Å²) in [6.45, 7) is 5.87. The van der Waals surface area contributed by atoms with E-state index < -0.39 is 9.75 Å². The second kappa shape index (κ2) is 5.40. The van der Waals surface area contributed by atoms with Gasteiger partial charge >= 0.3 is 0 Å². The molecule has 0 aromatic heterocycles. The van der Waals surface area contributed by atoms with Gasteiger partial charge in [0.1, 0.15) is 4.33 Å². The number of amides is 1. The second-order valence-corrected chi connectivity index (χ2v) is 7.67. The Morgan fingerprint density at radius 3 is 2.10 bits per heavy atom. The molecule has 1 aliphatic carbocycles. The molecule has 1 amide bonds. The molecule has 1 saturated carbocycles. The van der Waals surface area contributed by atoms with E-state index in [1.54, 1.807) is 0 Å². The Hall–Kier alpha value is -0.440. The van der Waals surface area contributed by atoms with Gasteiger partial charge in [-0.25, -0.2) is 0 Å². The van der Waals surface area contributed by atoms with Gasteiger partial charge in [-0.2, -0.15) is 0 Å². The van der Waals surface area contributed by atoms with Gasteiger partial charge in [0.2, 0.25) is 5.91 Å². The predicted molar refractivity (Wildman–Crippen MR) is 84.3 cm³/mol. The van der Waals surface area contributed by atoms with Gasteiger partial charge in [-0.1, -0.05) is 37.6 Å². The van der Waals surface area contributed by atoms with Crippen LogP contribution >= 0.6 is 34.8 Å². The van der Waals surface area contributed by atoms with E-state index in [0.29, 0.717) is 11.4 Å². The number of hydrogen-bond donors (Lipinski definition) is 1. The summed E-state index contributed by atoms with van der Waals surface area (Å²) in [7, 11) is 0. The summed E-state index contributed by atoms with van der Waals surface area (Å²) in [6, 6.07) is 7.30. The Bertz CT molecular complexity index is 512. The number of hydrogen-bond acceptors (Lipinski definition) is 1. The fraction of sp³-hybridized carbons (Fsp3) is 0.533. The quantitative estimate of drug-likeness (QED) is 0.792. The zero-order chi connectivity index (χ0) is 15.1. The third-order valence-corrected chi connectivity index (χ3v) is 5.33. The maximum Gasteiger partial charge on any atom is 0.230 e. The van der Waals surface area contributed by atoms with Gasteiger partial charge in [0.25, 0.3) is 0 Å². The van der Waals surface area contributed by atoms with Crippen molar-refractivity contribution in [1.29, 1.82) is 0 Å². The van der Waals surface area contributed by atoms with Crippen molar-refractivity contribution in [1.82, 2.24) is 5.32 Å². The van der Waals surface area contributed by atoms with Gasteiger partial charge in [0.05, 0.1) is 11.5 Å². The summed E-state index contributed by atoms with van der Waals surface area (Å²) in [6.07, 6.45) is 0.500. The fourth-order valence-corrected chi connectivity index (χ4v) is 3.76. The number of alkyl halides is 2. The summed E-state index contributed by atoms with van der Waals surface area (Å²) in [5.41, 5.74) is 0.314. The first-order valence-corrected chi connectivity index (χ1v) is 7.78. The van der Waals surface area contributed by atoms with Crippen molar-refractivity contribution in [2.45, 2.75) is 37.6 Å². The first kappa shape index (κ1) is 15.9. The Morgan fingerprint density at radius 1 is 1.20 bits per heavy atom. The minimum Gasteiger partial charge on any atom is -0.349 e. The minimum absolute atomic E-state index is 0.0834. The number of nitrogens with one attached hydrogen (secondary N) is 1. The third-order valence-electron chi connectivity index (χ3n) is 4.14. The fourth-order valence-electron chi connectivity index (χ4n) is 2.60. The Balaban J connectivity index is 2.10. The van der Waals surface area contributed by atoms with Crippen molar-refractivity contribution < 1.29 is 4.79 Å². The topological polar surface area (TPSA) is 29.1 Å². The molecule has 0 bridgehead atoms. The van der Waals surface area contributed by atoms with Crippen LogP contribution in [0.2, 0.25) is 5.02 Å². The highest BCUT2D eigenvalue weighted by atomic mass is 35.5. The molecule has 20 heavy (non-hydrogen) atoms. The van der Waals surface area contributed by atoms with E-state index in [1.807, 2.05) is 45.0 Å². The number of carbonyl (C=O) groups is 1. The molecule has 0 aliphatic heterocycles. The van der Waals surface area contributed by atoms with Gasteiger partial charge in [0.15, 0.2) is 0 Å². The molecule has 1 aromatic rings. The summed E-state index contributed by atoms with van der Waals surface area (Å²) in [5, 5.41) is 3.68. The van der Waals surface area contributed by atoms with Crippen LogP contribution in [0.15, 0.2) is 24.3 Å². The van der Waals surface area contributed by atoms with Gasteiger partial charge in [-0.3, -0.25) is 4.79 Å². The predicted octanol–water partition coefficient (Wildman–Crippen LogP) is 4.74. The average molecular weight is 335 g/mol. The van der Waals surface area contributed by atoms with Crippen LogP contribution in [-0.4, -0.2) is 10.2 Å². The van der Waals surface area contributed by atoms with Crippen molar-refractivity contribution >= 4 is 40.7 Å². The van der Waals surface area contributed by atoms with Crippen molar-refractivity contribution in [2.24, 2.45) is 11.3 Å². The highest BCUT2D eigenvalue weighted by Crippen LogP contribution is 2.68. The minimum atomic E-state index is -0.953. The van der Waals surface area contributed by atoms with Gasteiger partial charge < -0.3 is 5.32 Å². The van der Waals surface area contributed by atoms with Gasteiger partial charge in [-0.05, 0) is 37.0 Å². The SMILES string of the molecule is CC(NC(=O)C1(C(C)C)CC1(Cl)Cl)c1ccc(Cl)cc1. The molecule has 0 radical (unpaired) electrons. The van der Waals surface area contributed by atoms with E-state index in [4.69, 9.17) is 34.8 Å². The average Bonchev–Trinajstić information content (AvgIpc) is 2.95. The summed E-state index contributed by atoms with van der Waals surface area (Å²) in [4.78, 5) is 12.5. The molecule has 1 N–H and O–H groups in total. The Labute approximate surface area is 134 Å². The monoisotopic (exact) mass is 333 g/mol. The normalized spacial score (nSPS) is 25.4. The van der Waals surface area contributed by atoms with Crippen molar-refractivity contribution in [3.8, 4) is 0 Å². The lowest BCUT2D eigenvalue weighted by Crippen LogP contribution is -2.39. The third kappa shape index (κ3) is 2.66. The lowest BCUT2D eigenvalue weighted by atomic mass is 9.90. The van der Waals surface area contributed by atoms with E-state index in [9.17, 15) is 4.79 Å². The van der Waals surface area contributed by atoms with E-state index >= 15 is 0 Å². The van der Waals surface area contributed by atoms with Gasteiger partial charge in [-0.15, -0.1) is 23.2 Å². The molecule has 2 rings (SSSR count). The summed E-state index contributed by atoms with van der Waals surface area (Å²) >= 11 is 18.2. The largest absolute Gasteiger partial charge is 0.349 e. The Kier molecular flexibility index (Phi) is 4.30. The summed E-state index contributed by atoms with van der Waals surface area (Å²) in [5.74, 6) is 0.00914. The first-order valence-electron chi connectivity index (χ1n) is 6.65. The second-order valence-electron chi connectivity index (χ2n) is 5.75. The van der Waals surface area contributed by atoms with Crippen LogP contribution in [0.5, 0.6) is 0 Å².